The summed E-state index contributed by atoms with van der Waals surface area (Å²) in [7, 11) is 0. The Kier molecular flexibility index (Phi) is 3.79. The van der Waals surface area contributed by atoms with E-state index in [0.29, 0.717) is 6.04 Å². The van der Waals surface area contributed by atoms with Crippen LogP contribution in [0, 0.1) is 0 Å². The van der Waals surface area contributed by atoms with Crippen molar-refractivity contribution < 1.29 is 0 Å². The molecule has 1 saturated heterocycles. The normalized spacial score (nSPS) is 19.3. The molecule has 0 radical (unpaired) electrons. The Balaban J connectivity index is 2.12. The Labute approximate surface area is 98.8 Å². The first-order valence-electron chi connectivity index (χ1n) is 6.27. The van der Waals surface area contributed by atoms with Gasteiger partial charge in [0.1, 0.15) is 0 Å². The van der Waals surface area contributed by atoms with Crippen LogP contribution < -0.4 is 0 Å². The fourth-order valence-electron chi connectivity index (χ4n) is 2.46. The van der Waals surface area contributed by atoms with Crippen LogP contribution in [0.25, 0.3) is 6.08 Å². The highest BCUT2D eigenvalue weighted by Gasteiger charge is 2.17. The molecule has 0 aromatic heterocycles. The lowest BCUT2D eigenvalue weighted by Crippen LogP contribution is -2.32. The van der Waals surface area contributed by atoms with E-state index in [-0.39, 0.29) is 0 Å². The number of nitrogens with zero attached hydrogens (tertiary/aromatic N) is 1. The lowest BCUT2D eigenvalue weighted by molar-refractivity contribution is 0.175. The Morgan fingerprint density at radius 3 is 2.69 bits per heavy atom. The van der Waals surface area contributed by atoms with Crippen LogP contribution in [0.5, 0.6) is 0 Å². The van der Waals surface area contributed by atoms with Crippen molar-refractivity contribution >= 4 is 6.08 Å². The molecule has 1 atom stereocenters. The van der Waals surface area contributed by atoms with Gasteiger partial charge >= 0.3 is 0 Å². The zero-order valence-electron chi connectivity index (χ0n) is 10.2. The second-order valence-electron chi connectivity index (χ2n) is 4.65. The fraction of sp³-hybridized carbons (Fsp3) is 0.467. The van der Waals surface area contributed by atoms with Crippen LogP contribution in [0.3, 0.4) is 0 Å². The Bertz CT molecular complexity index is 350. The van der Waals surface area contributed by atoms with Crippen LogP contribution >= 0.6 is 0 Å². The van der Waals surface area contributed by atoms with Crippen LogP contribution in [0.15, 0.2) is 30.8 Å². The van der Waals surface area contributed by atoms with Gasteiger partial charge in [-0.2, -0.15) is 0 Å². The number of likely N-dealkylation sites (tertiary alicyclic amines) is 1. The van der Waals surface area contributed by atoms with Gasteiger partial charge in [-0.25, -0.2) is 0 Å². The van der Waals surface area contributed by atoms with Gasteiger partial charge in [0.15, 0.2) is 0 Å². The summed E-state index contributed by atoms with van der Waals surface area (Å²) in [6.07, 6.45) is 6.03. The van der Waals surface area contributed by atoms with Gasteiger partial charge in [0.25, 0.3) is 0 Å². The van der Waals surface area contributed by atoms with Crippen LogP contribution in [0.2, 0.25) is 0 Å². The minimum absolute atomic E-state index is 0.542. The Morgan fingerprint density at radius 2 is 2.00 bits per heavy atom. The SMILES string of the molecule is C=Cc1cccc(C(C)N2CCCCC2)c1. The van der Waals surface area contributed by atoms with Crippen molar-refractivity contribution in [2.24, 2.45) is 0 Å². The first kappa shape index (κ1) is 11.4. The topological polar surface area (TPSA) is 3.24 Å². The monoisotopic (exact) mass is 215 g/mol. The molecule has 16 heavy (non-hydrogen) atoms. The van der Waals surface area contributed by atoms with E-state index in [2.05, 4.69) is 42.7 Å². The number of rotatable bonds is 3. The van der Waals surface area contributed by atoms with Crippen molar-refractivity contribution in [3.63, 3.8) is 0 Å². The molecule has 1 aliphatic rings. The third-order valence-electron chi connectivity index (χ3n) is 3.57. The summed E-state index contributed by atoms with van der Waals surface area (Å²) in [6, 6.07) is 9.27. The largest absolute Gasteiger partial charge is 0.297 e. The van der Waals surface area contributed by atoms with Crippen molar-refractivity contribution in [1.29, 1.82) is 0 Å². The van der Waals surface area contributed by atoms with Gasteiger partial charge in [-0.1, -0.05) is 43.3 Å². The molecular weight excluding hydrogens is 194 g/mol. The van der Waals surface area contributed by atoms with E-state index in [4.69, 9.17) is 0 Å². The zero-order chi connectivity index (χ0) is 11.4. The molecule has 0 N–H and O–H groups in total. The van der Waals surface area contributed by atoms with E-state index >= 15 is 0 Å². The highest BCUT2D eigenvalue weighted by Crippen LogP contribution is 2.24. The highest BCUT2D eigenvalue weighted by molar-refractivity contribution is 5.48. The molecule has 1 heteroatoms. The maximum atomic E-state index is 3.83. The summed E-state index contributed by atoms with van der Waals surface area (Å²) in [5.74, 6) is 0. The highest BCUT2D eigenvalue weighted by atomic mass is 15.2. The molecule has 1 heterocycles. The molecule has 1 aromatic carbocycles. The molecule has 1 aromatic rings. The van der Waals surface area contributed by atoms with Crippen molar-refractivity contribution in [1.82, 2.24) is 4.90 Å². The average Bonchev–Trinajstić information content (AvgIpc) is 2.39. The van der Waals surface area contributed by atoms with Crippen LogP contribution in [0.4, 0.5) is 0 Å². The summed E-state index contributed by atoms with van der Waals surface area (Å²) in [5, 5.41) is 0. The van der Waals surface area contributed by atoms with E-state index in [1.807, 2.05) is 6.08 Å². The molecule has 1 aliphatic heterocycles. The summed E-state index contributed by atoms with van der Waals surface area (Å²) in [5.41, 5.74) is 2.64. The molecule has 0 amide bonds. The molecule has 0 saturated carbocycles. The number of hydrogen-bond donors (Lipinski definition) is 0. The first-order chi connectivity index (χ1) is 7.81. The summed E-state index contributed by atoms with van der Waals surface area (Å²) >= 11 is 0. The van der Waals surface area contributed by atoms with Crippen LogP contribution in [0.1, 0.15) is 43.4 Å². The standard InChI is InChI=1S/C15H21N/c1-3-14-8-7-9-15(12-14)13(2)16-10-5-4-6-11-16/h3,7-9,12-13H,1,4-6,10-11H2,2H3. The smallest absolute Gasteiger partial charge is 0.0320 e. The quantitative estimate of drug-likeness (QED) is 0.739. The molecule has 1 fully saturated rings. The lowest BCUT2D eigenvalue weighted by Gasteiger charge is -2.32. The van der Waals surface area contributed by atoms with Gasteiger partial charge in [-0.3, -0.25) is 4.90 Å². The third kappa shape index (κ3) is 2.53. The van der Waals surface area contributed by atoms with Gasteiger partial charge in [0.2, 0.25) is 0 Å². The molecule has 2 rings (SSSR count). The second kappa shape index (κ2) is 5.31. The predicted octanol–water partition coefficient (Wildman–Crippen LogP) is 3.88. The molecule has 1 unspecified atom stereocenters. The maximum Gasteiger partial charge on any atom is 0.0320 e. The lowest BCUT2D eigenvalue weighted by atomic mass is 10.0. The molecule has 1 nitrogen and oxygen atoms in total. The summed E-state index contributed by atoms with van der Waals surface area (Å²) in [6.45, 7) is 8.64. The predicted molar refractivity (Wildman–Crippen MR) is 70.4 cm³/mol. The van der Waals surface area contributed by atoms with Crippen LogP contribution in [-0.2, 0) is 0 Å². The van der Waals surface area contributed by atoms with Crippen molar-refractivity contribution in [2.75, 3.05) is 13.1 Å². The number of benzene rings is 1. The molecule has 0 bridgehead atoms. The van der Waals surface area contributed by atoms with Gasteiger partial charge in [0, 0.05) is 6.04 Å². The fourth-order valence-corrected chi connectivity index (χ4v) is 2.46. The van der Waals surface area contributed by atoms with Gasteiger partial charge < -0.3 is 0 Å². The minimum atomic E-state index is 0.542. The second-order valence-corrected chi connectivity index (χ2v) is 4.65. The zero-order valence-corrected chi connectivity index (χ0v) is 10.2. The van der Waals surface area contributed by atoms with Crippen LogP contribution in [-0.4, -0.2) is 18.0 Å². The first-order valence-corrected chi connectivity index (χ1v) is 6.27. The van der Waals surface area contributed by atoms with Gasteiger partial charge in [0.05, 0.1) is 0 Å². The van der Waals surface area contributed by atoms with E-state index in [9.17, 15) is 0 Å². The van der Waals surface area contributed by atoms with Crippen molar-refractivity contribution in [3.8, 4) is 0 Å². The minimum Gasteiger partial charge on any atom is -0.297 e. The molecule has 0 aliphatic carbocycles. The van der Waals surface area contributed by atoms with Gasteiger partial charge in [-0.05, 0) is 44.0 Å². The Morgan fingerprint density at radius 1 is 1.25 bits per heavy atom. The molecular formula is C15H21N. The van der Waals surface area contributed by atoms with Crippen molar-refractivity contribution in [2.45, 2.75) is 32.2 Å². The average molecular weight is 215 g/mol. The number of piperidine rings is 1. The van der Waals surface area contributed by atoms with Crippen molar-refractivity contribution in [3.05, 3.63) is 42.0 Å². The maximum absolute atomic E-state index is 3.83. The third-order valence-corrected chi connectivity index (χ3v) is 3.57. The number of hydrogen-bond acceptors (Lipinski definition) is 1. The summed E-state index contributed by atoms with van der Waals surface area (Å²) < 4.78 is 0. The van der Waals surface area contributed by atoms with E-state index in [1.54, 1.807) is 0 Å². The Hall–Kier alpha value is -1.08. The van der Waals surface area contributed by atoms with E-state index in [0.717, 1.165) is 0 Å². The van der Waals surface area contributed by atoms with E-state index < -0.39 is 0 Å². The molecule has 86 valence electrons. The molecule has 0 spiro atoms. The summed E-state index contributed by atoms with van der Waals surface area (Å²) in [4.78, 5) is 2.59. The van der Waals surface area contributed by atoms with E-state index in [1.165, 1.54) is 43.5 Å². The van der Waals surface area contributed by atoms with Gasteiger partial charge in [-0.15, -0.1) is 0 Å².